The lowest BCUT2D eigenvalue weighted by atomic mass is 10.1. The molecule has 1 atom stereocenters. The summed E-state index contributed by atoms with van der Waals surface area (Å²) in [5, 5.41) is 11.6. The van der Waals surface area contributed by atoms with E-state index in [1.165, 1.54) is 0 Å². The molecule has 0 bridgehead atoms. The molecule has 0 saturated heterocycles. The standard InChI is InChI=1S/C13H17N3O2/c1-9(5-6-17)15-13(18)10-3-4-12-11(7-10)14-8-16(12)2/h3-4,7-9,17H,5-6H2,1-2H3,(H,15,18). The zero-order valence-corrected chi connectivity index (χ0v) is 10.6. The van der Waals surface area contributed by atoms with E-state index in [1.54, 1.807) is 18.5 Å². The Hall–Kier alpha value is -1.88. The largest absolute Gasteiger partial charge is 0.396 e. The minimum absolute atomic E-state index is 0.0399. The number of carbonyl (C=O) groups excluding carboxylic acids is 1. The predicted molar refractivity (Wildman–Crippen MR) is 69.3 cm³/mol. The minimum Gasteiger partial charge on any atom is -0.396 e. The van der Waals surface area contributed by atoms with Crippen LogP contribution in [0.4, 0.5) is 0 Å². The summed E-state index contributed by atoms with van der Waals surface area (Å²) in [5.74, 6) is -0.136. The van der Waals surface area contributed by atoms with Gasteiger partial charge in [0.25, 0.3) is 5.91 Å². The van der Waals surface area contributed by atoms with Crippen molar-refractivity contribution >= 4 is 16.9 Å². The average molecular weight is 247 g/mol. The molecule has 0 saturated carbocycles. The van der Waals surface area contributed by atoms with Gasteiger partial charge in [-0.3, -0.25) is 4.79 Å². The van der Waals surface area contributed by atoms with Crippen molar-refractivity contribution in [2.24, 2.45) is 7.05 Å². The Labute approximate surface area is 105 Å². The first-order valence-electron chi connectivity index (χ1n) is 5.94. The van der Waals surface area contributed by atoms with Crippen LogP contribution in [-0.4, -0.2) is 33.2 Å². The maximum absolute atomic E-state index is 12.0. The Bertz CT molecular complexity index is 562. The molecule has 0 aliphatic heterocycles. The van der Waals surface area contributed by atoms with Crippen molar-refractivity contribution in [3.63, 3.8) is 0 Å². The number of amides is 1. The van der Waals surface area contributed by atoms with Gasteiger partial charge in [0.15, 0.2) is 0 Å². The fourth-order valence-electron chi connectivity index (χ4n) is 1.85. The Morgan fingerprint density at radius 3 is 3.06 bits per heavy atom. The van der Waals surface area contributed by atoms with E-state index in [4.69, 9.17) is 5.11 Å². The highest BCUT2D eigenvalue weighted by Crippen LogP contribution is 2.13. The number of rotatable bonds is 4. The van der Waals surface area contributed by atoms with Crippen LogP contribution >= 0.6 is 0 Å². The van der Waals surface area contributed by atoms with Crippen molar-refractivity contribution < 1.29 is 9.90 Å². The normalized spacial score (nSPS) is 12.6. The molecule has 1 heterocycles. The Morgan fingerprint density at radius 2 is 2.33 bits per heavy atom. The second-order valence-electron chi connectivity index (χ2n) is 4.45. The van der Waals surface area contributed by atoms with Crippen LogP contribution in [0.5, 0.6) is 0 Å². The monoisotopic (exact) mass is 247 g/mol. The number of aryl methyl sites for hydroxylation is 1. The van der Waals surface area contributed by atoms with Crippen LogP contribution in [0.25, 0.3) is 11.0 Å². The number of aromatic nitrogens is 2. The molecule has 2 rings (SSSR count). The molecule has 0 aliphatic carbocycles. The molecule has 0 aliphatic rings. The smallest absolute Gasteiger partial charge is 0.251 e. The molecule has 2 N–H and O–H groups in total. The number of nitrogens with one attached hydrogen (secondary N) is 1. The number of aliphatic hydroxyl groups is 1. The second kappa shape index (κ2) is 5.18. The lowest BCUT2D eigenvalue weighted by Crippen LogP contribution is -2.33. The van der Waals surface area contributed by atoms with Crippen LogP contribution < -0.4 is 5.32 Å². The number of hydrogen-bond acceptors (Lipinski definition) is 3. The van der Waals surface area contributed by atoms with Gasteiger partial charge in [0, 0.05) is 25.3 Å². The number of fused-ring (bicyclic) bond motifs is 1. The van der Waals surface area contributed by atoms with Gasteiger partial charge in [-0.05, 0) is 31.5 Å². The van der Waals surface area contributed by atoms with Crippen molar-refractivity contribution in [1.29, 1.82) is 0 Å². The summed E-state index contributed by atoms with van der Waals surface area (Å²) in [6.07, 6.45) is 2.28. The zero-order chi connectivity index (χ0) is 13.1. The van der Waals surface area contributed by atoms with Crippen molar-refractivity contribution in [3.05, 3.63) is 30.1 Å². The Morgan fingerprint density at radius 1 is 1.56 bits per heavy atom. The first-order chi connectivity index (χ1) is 8.61. The second-order valence-corrected chi connectivity index (χ2v) is 4.45. The molecule has 1 aromatic carbocycles. The highest BCUT2D eigenvalue weighted by Gasteiger charge is 2.10. The van der Waals surface area contributed by atoms with Gasteiger partial charge in [-0.25, -0.2) is 4.98 Å². The third-order valence-electron chi connectivity index (χ3n) is 2.93. The topological polar surface area (TPSA) is 67.2 Å². The summed E-state index contributed by atoms with van der Waals surface area (Å²) in [6, 6.07) is 5.40. The van der Waals surface area contributed by atoms with Gasteiger partial charge in [0.05, 0.1) is 17.4 Å². The van der Waals surface area contributed by atoms with E-state index in [9.17, 15) is 4.79 Å². The third kappa shape index (κ3) is 2.51. The van der Waals surface area contributed by atoms with Crippen LogP contribution in [0.15, 0.2) is 24.5 Å². The molecule has 96 valence electrons. The molecular weight excluding hydrogens is 230 g/mol. The van der Waals surface area contributed by atoms with Crippen LogP contribution in [-0.2, 0) is 7.05 Å². The number of hydrogen-bond donors (Lipinski definition) is 2. The van der Waals surface area contributed by atoms with Gasteiger partial charge in [-0.15, -0.1) is 0 Å². The van der Waals surface area contributed by atoms with Crippen molar-refractivity contribution in [2.45, 2.75) is 19.4 Å². The van der Waals surface area contributed by atoms with E-state index in [0.717, 1.165) is 11.0 Å². The van der Waals surface area contributed by atoms with Crippen molar-refractivity contribution in [1.82, 2.24) is 14.9 Å². The first kappa shape index (κ1) is 12.6. The first-order valence-corrected chi connectivity index (χ1v) is 5.94. The lowest BCUT2D eigenvalue weighted by molar-refractivity contribution is 0.0934. The van der Waals surface area contributed by atoms with Gasteiger partial charge < -0.3 is 15.0 Å². The van der Waals surface area contributed by atoms with Gasteiger partial charge in [-0.1, -0.05) is 0 Å². The van der Waals surface area contributed by atoms with Gasteiger partial charge in [0.1, 0.15) is 0 Å². The fourth-order valence-corrected chi connectivity index (χ4v) is 1.85. The Kier molecular flexibility index (Phi) is 3.62. The van der Waals surface area contributed by atoms with E-state index in [0.29, 0.717) is 12.0 Å². The summed E-state index contributed by atoms with van der Waals surface area (Å²) < 4.78 is 1.91. The number of imidazole rings is 1. The van der Waals surface area contributed by atoms with Crippen LogP contribution in [0, 0.1) is 0 Å². The molecule has 2 aromatic rings. The van der Waals surface area contributed by atoms with E-state index in [2.05, 4.69) is 10.3 Å². The van der Waals surface area contributed by atoms with E-state index < -0.39 is 0 Å². The van der Waals surface area contributed by atoms with Gasteiger partial charge in [0.2, 0.25) is 0 Å². The molecule has 0 fully saturated rings. The summed E-state index contributed by atoms with van der Waals surface area (Å²) in [6.45, 7) is 1.94. The summed E-state index contributed by atoms with van der Waals surface area (Å²) in [7, 11) is 1.92. The maximum atomic E-state index is 12.0. The summed E-state index contributed by atoms with van der Waals surface area (Å²) >= 11 is 0. The molecule has 0 spiro atoms. The van der Waals surface area contributed by atoms with Crippen molar-refractivity contribution in [3.8, 4) is 0 Å². The van der Waals surface area contributed by atoms with Crippen LogP contribution in [0.3, 0.4) is 0 Å². The molecule has 0 radical (unpaired) electrons. The third-order valence-corrected chi connectivity index (χ3v) is 2.93. The molecule has 1 amide bonds. The van der Waals surface area contributed by atoms with E-state index in [1.807, 2.05) is 24.6 Å². The number of nitrogens with zero attached hydrogens (tertiary/aromatic N) is 2. The van der Waals surface area contributed by atoms with E-state index in [-0.39, 0.29) is 18.6 Å². The maximum Gasteiger partial charge on any atom is 0.251 e. The van der Waals surface area contributed by atoms with Gasteiger partial charge in [-0.2, -0.15) is 0 Å². The molecule has 1 unspecified atom stereocenters. The lowest BCUT2D eigenvalue weighted by Gasteiger charge is -2.12. The highest BCUT2D eigenvalue weighted by molar-refractivity contribution is 5.97. The van der Waals surface area contributed by atoms with Crippen LogP contribution in [0.1, 0.15) is 23.7 Å². The van der Waals surface area contributed by atoms with Crippen molar-refractivity contribution in [2.75, 3.05) is 6.61 Å². The molecule has 18 heavy (non-hydrogen) atoms. The summed E-state index contributed by atoms with van der Waals surface area (Å²) in [4.78, 5) is 16.2. The molecular formula is C13H17N3O2. The zero-order valence-electron chi connectivity index (χ0n) is 10.6. The number of carbonyl (C=O) groups is 1. The van der Waals surface area contributed by atoms with E-state index >= 15 is 0 Å². The molecule has 5 nitrogen and oxygen atoms in total. The predicted octanol–water partition coefficient (Wildman–Crippen LogP) is 1.07. The minimum atomic E-state index is -0.136. The average Bonchev–Trinajstić information content (AvgIpc) is 2.71. The number of aliphatic hydroxyl groups excluding tert-OH is 1. The molecule has 5 heteroatoms. The fraction of sp³-hybridized carbons (Fsp3) is 0.385. The van der Waals surface area contributed by atoms with Gasteiger partial charge >= 0.3 is 0 Å². The Balaban J connectivity index is 2.18. The summed E-state index contributed by atoms with van der Waals surface area (Å²) in [5.41, 5.74) is 2.39. The quantitative estimate of drug-likeness (QED) is 0.849. The van der Waals surface area contributed by atoms with Crippen LogP contribution in [0.2, 0.25) is 0 Å². The highest BCUT2D eigenvalue weighted by atomic mass is 16.3. The molecule has 1 aromatic heterocycles. The number of benzene rings is 1. The SMILES string of the molecule is CC(CCO)NC(=O)c1ccc2c(c1)ncn2C.